The molecule has 0 aromatic rings. The van der Waals surface area contributed by atoms with E-state index < -0.39 is 10.0 Å². The fourth-order valence-corrected chi connectivity index (χ4v) is 1.41. The Labute approximate surface area is 62.9 Å². The van der Waals surface area contributed by atoms with Gasteiger partial charge in [-0.3, -0.25) is 4.84 Å². The molecule has 0 aliphatic heterocycles. The van der Waals surface area contributed by atoms with Gasteiger partial charge in [0.25, 0.3) is 0 Å². The molecule has 0 spiro atoms. The van der Waals surface area contributed by atoms with Crippen LogP contribution in [0.1, 0.15) is 0 Å². The van der Waals surface area contributed by atoms with Crippen LogP contribution < -0.4 is 0 Å². The van der Waals surface area contributed by atoms with E-state index in [9.17, 15) is 8.42 Å². The molecule has 0 N–H and O–H groups in total. The predicted octanol–water partition coefficient (Wildman–Crippen LogP) is 0.162. The van der Waals surface area contributed by atoms with E-state index >= 15 is 0 Å². The Morgan fingerprint density at radius 3 is 2.22 bits per heavy atom. The quantitative estimate of drug-likeness (QED) is 0.500. The molecule has 9 heavy (non-hydrogen) atoms. The van der Waals surface area contributed by atoms with E-state index in [-0.39, 0.29) is 4.66 Å². The number of hydrogen-bond donors (Lipinski definition) is 0. The highest BCUT2D eigenvalue weighted by Gasteiger charge is 2.14. The lowest BCUT2D eigenvalue weighted by Gasteiger charge is -2.10. The number of hydroxylamine groups is 1. The zero-order valence-corrected chi connectivity index (χ0v) is 7.57. The number of nitrogens with zero attached hydrogens (tertiary/aromatic N) is 1. The number of alkyl halides is 1. The van der Waals surface area contributed by atoms with Crippen LogP contribution >= 0.6 is 15.9 Å². The molecule has 6 heteroatoms. The van der Waals surface area contributed by atoms with Crippen LogP contribution in [0.3, 0.4) is 0 Å². The average molecular weight is 218 g/mol. The molecule has 0 amide bonds. The van der Waals surface area contributed by atoms with Gasteiger partial charge in [0.1, 0.15) is 4.66 Å². The topological polar surface area (TPSA) is 46.6 Å². The summed E-state index contributed by atoms with van der Waals surface area (Å²) in [5.74, 6) is 0. The second-order valence-corrected chi connectivity index (χ2v) is 4.58. The predicted molar refractivity (Wildman–Crippen MR) is 37.5 cm³/mol. The van der Waals surface area contributed by atoms with Gasteiger partial charge >= 0.3 is 0 Å². The summed E-state index contributed by atoms with van der Waals surface area (Å²) < 4.78 is 22.0. The molecule has 0 atom stereocenters. The van der Waals surface area contributed by atoms with Gasteiger partial charge in [-0.2, -0.15) is 0 Å². The van der Waals surface area contributed by atoms with E-state index in [1.54, 1.807) is 0 Å². The maximum Gasteiger partial charge on any atom is 0.245 e. The Kier molecular flexibility index (Phi) is 3.64. The maximum atomic E-state index is 10.7. The smallest absolute Gasteiger partial charge is 0.245 e. The molecule has 0 radical (unpaired) electrons. The standard InChI is InChI=1S/C3H8BrNO3S/c1-5(8-2)9(6,7)3-4/h3H2,1-2H3. The van der Waals surface area contributed by atoms with Crippen LogP contribution in [0.15, 0.2) is 0 Å². The Hall–Kier alpha value is 0.350. The first-order chi connectivity index (χ1) is 4.04. The van der Waals surface area contributed by atoms with Crippen molar-refractivity contribution in [3.63, 3.8) is 0 Å². The monoisotopic (exact) mass is 217 g/mol. The van der Waals surface area contributed by atoms with Gasteiger partial charge in [-0.05, 0) is 0 Å². The summed E-state index contributed by atoms with van der Waals surface area (Å²) in [7, 11) is -0.599. The lowest BCUT2D eigenvalue weighted by molar-refractivity contribution is -0.0252. The molecule has 0 aliphatic carbocycles. The molecule has 0 fully saturated rings. The molecule has 0 rings (SSSR count). The molecule has 56 valence electrons. The van der Waals surface area contributed by atoms with Crippen LogP contribution in [0, 0.1) is 0 Å². The van der Waals surface area contributed by atoms with E-state index in [0.717, 1.165) is 4.47 Å². The van der Waals surface area contributed by atoms with Crippen LogP contribution in [0.5, 0.6) is 0 Å². The fraction of sp³-hybridized carbons (Fsp3) is 1.00. The van der Waals surface area contributed by atoms with Crippen LogP contribution in [0.2, 0.25) is 0 Å². The van der Waals surface area contributed by atoms with Crippen LogP contribution in [-0.4, -0.2) is 31.7 Å². The van der Waals surface area contributed by atoms with Gasteiger partial charge in [0.05, 0.1) is 7.11 Å². The van der Waals surface area contributed by atoms with Crippen LogP contribution in [-0.2, 0) is 14.9 Å². The second-order valence-electron chi connectivity index (χ2n) is 1.31. The zero-order valence-electron chi connectivity index (χ0n) is 5.17. The summed E-state index contributed by atoms with van der Waals surface area (Å²) in [4.78, 5) is 4.42. The normalized spacial score (nSPS) is 12.4. The van der Waals surface area contributed by atoms with Crippen molar-refractivity contribution in [2.75, 3.05) is 18.8 Å². The third-order valence-corrected chi connectivity index (χ3v) is 3.73. The molecule has 0 saturated heterocycles. The Morgan fingerprint density at radius 2 is 2.11 bits per heavy atom. The van der Waals surface area contributed by atoms with Crippen LogP contribution in [0.25, 0.3) is 0 Å². The SMILES string of the molecule is CON(C)S(=O)(=O)CBr. The van der Waals surface area contributed by atoms with Crippen molar-refractivity contribution in [1.29, 1.82) is 0 Å². The Balaban J connectivity index is 4.17. The molecule has 0 bridgehead atoms. The van der Waals surface area contributed by atoms with E-state index in [0.29, 0.717) is 0 Å². The van der Waals surface area contributed by atoms with Crippen molar-refractivity contribution in [3.05, 3.63) is 0 Å². The maximum absolute atomic E-state index is 10.7. The lowest BCUT2D eigenvalue weighted by atomic mass is 11.5. The molecule has 4 nitrogen and oxygen atoms in total. The second kappa shape index (κ2) is 3.50. The molecule has 0 aromatic carbocycles. The van der Waals surface area contributed by atoms with Gasteiger partial charge in [0, 0.05) is 7.05 Å². The Bertz CT molecular complexity index is 166. The number of halogens is 1. The summed E-state index contributed by atoms with van der Waals surface area (Å²) >= 11 is 2.80. The number of sulfonamides is 1. The number of rotatable bonds is 3. The van der Waals surface area contributed by atoms with Crippen molar-refractivity contribution < 1.29 is 13.3 Å². The van der Waals surface area contributed by atoms with Crippen molar-refractivity contribution in [3.8, 4) is 0 Å². The van der Waals surface area contributed by atoms with Gasteiger partial charge in [-0.1, -0.05) is 20.4 Å². The van der Waals surface area contributed by atoms with Crippen LogP contribution in [0.4, 0.5) is 0 Å². The fourth-order valence-electron chi connectivity index (χ4n) is 0.182. The first-order valence-corrected chi connectivity index (χ1v) is 4.84. The van der Waals surface area contributed by atoms with E-state index in [4.69, 9.17) is 0 Å². The van der Waals surface area contributed by atoms with Crippen molar-refractivity contribution in [2.45, 2.75) is 0 Å². The first-order valence-electron chi connectivity index (χ1n) is 2.11. The molecule has 0 heterocycles. The minimum absolute atomic E-state index is 0.121. The summed E-state index contributed by atoms with van der Waals surface area (Å²) in [5, 5.41) is 0. The van der Waals surface area contributed by atoms with Crippen molar-refractivity contribution >= 4 is 26.0 Å². The summed E-state index contributed by atoms with van der Waals surface area (Å²) in [6, 6.07) is 0. The molecule has 0 saturated carbocycles. The highest BCUT2D eigenvalue weighted by atomic mass is 79.9. The molecule has 0 unspecified atom stereocenters. The minimum atomic E-state index is -3.22. The minimum Gasteiger partial charge on any atom is -0.288 e. The van der Waals surface area contributed by atoms with Gasteiger partial charge in [0.2, 0.25) is 10.0 Å². The lowest BCUT2D eigenvalue weighted by Crippen LogP contribution is -2.26. The van der Waals surface area contributed by atoms with Gasteiger partial charge < -0.3 is 0 Å². The molecular weight excluding hydrogens is 210 g/mol. The molecule has 0 aromatic heterocycles. The highest BCUT2D eigenvalue weighted by molar-refractivity contribution is 9.10. The first kappa shape index (κ1) is 9.35. The average Bonchev–Trinajstić information content (AvgIpc) is 1.86. The summed E-state index contributed by atoms with van der Waals surface area (Å²) in [6.07, 6.45) is 0. The van der Waals surface area contributed by atoms with Gasteiger partial charge in [-0.25, -0.2) is 8.42 Å². The van der Waals surface area contributed by atoms with Gasteiger partial charge in [0.15, 0.2) is 0 Å². The zero-order chi connectivity index (χ0) is 7.49. The summed E-state index contributed by atoms with van der Waals surface area (Å²) in [5.41, 5.74) is 0. The third kappa shape index (κ3) is 2.61. The third-order valence-electron chi connectivity index (χ3n) is 0.787. The van der Waals surface area contributed by atoms with Crippen molar-refractivity contribution in [2.24, 2.45) is 0 Å². The molecular formula is C3H8BrNO3S. The van der Waals surface area contributed by atoms with Crippen molar-refractivity contribution in [1.82, 2.24) is 4.47 Å². The Morgan fingerprint density at radius 1 is 1.67 bits per heavy atom. The van der Waals surface area contributed by atoms with E-state index in [1.165, 1.54) is 14.2 Å². The largest absolute Gasteiger partial charge is 0.288 e. The highest BCUT2D eigenvalue weighted by Crippen LogP contribution is 2.00. The molecule has 0 aliphatic rings. The number of hydrogen-bond acceptors (Lipinski definition) is 3. The van der Waals surface area contributed by atoms with E-state index in [1.807, 2.05) is 0 Å². The van der Waals surface area contributed by atoms with Gasteiger partial charge in [-0.15, -0.1) is 0 Å². The summed E-state index contributed by atoms with van der Waals surface area (Å²) in [6.45, 7) is 0. The van der Waals surface area contributed by atoms with E-state index in [2.05, 4.69) is 20.8 Å².